The van der Waals surface area contributed by atoms with Crippen LogP contribution in [-0.2, 0) is 12.8 Å². The van der Waals surface area contributed by atoms with Crippen molar-refractivity contribution >= 4 is 55.3 Å². The van der Waals surface area contributed by atoms with Gasteiger partial charge in [0.25, 0.3) is 0 Å². The molecule has 4 aromatic carbocycles. The first-order chi connectivity index (χ1) is 16.3. The minimum absolute atomic E-state index is 0.370. The molecule has 0 N–H and O–H groups in total. The topological polar surface area (TPSA) is 0 Å². The second-order valence-electron chi connectivity index (χ2n) is 9.72. The first-order valence-electron chi connectivity index (χ1n) is 13.1. The van der Waals surface area contributed by atoms with Crippen LogP contribution in [0.1, 0.15) is 76.3 Å². The predicted octanol–water partition coefficient (Wildman–Crippen LogP) is 9.60. The quantitative estimate of drug-likeness (QED) is 0.133. The average Bonchev–Trinajstić information content (AvgIpc) is 3.24. The second-order valence-corrected chi connectivity index (χ2v) is 11.9. The Balaban J connectivity index is 1.49. The van der Waals surface area contributed by atoms with Crippen molar-refractivity contribution in [3.63, 3.8) is 0 Å². The molecule has 0 atom stereocenters. The summed E-state index contributed by atoms with van der Waals surface area (Å²) in [5.41, 5.74) is 3.00. The van der Waals surface area contributed by atoms with Crippen LogP contribution in [0.25, 0.3) is 40.8 Å². The van der Waals surface area contributed by atoms with Gasteiger partial charge < -0.3 is 0 Å². The maximum atomic E-state index is 2.45. The zero-order chi connectivity index (χ0) is 22.6. The van der Waals surface area contributed by atoms with Gasteiger partial charge >= 0.3 is 205 Å². The van der Waals surface area contributed by atoms with Crippen molar-refractivity contribution in [2.24, 2.45) is 0 Å². The second kappa shape index (κ2) is 10.5. The number of hydrogen-bond acceptors (Lipinski definition) is 0. The molecule has 0 aliphatic carbocycles. The third-order valence-corrected chi connectivity index (χ3v) is 9.90. The molecule has 1 heteroatoms. The van der Waals surface area contributed by atoms with E-state index in [0.717, 1.165) is 0 Å². The van der Waals surface area contributed by atoms with Gasteiger partial charge in [-0.3, -0.25) is 0 Å². The van der Waals surface area contributed by atoms with E-state index in [0.29, 0.717) is 14.5 Å². The summed E-state index contributed by atoms with van der Waals surface area (Å²) in [5, 5.41) is 8.74. The van der Waals surface area contributed by atoms with E-state index in [1.165, 1.54) is 108 Å². The molecule has 0 nitrogen and oxygen atoms in total. The van der Waals surface area contributed by atoms with Crippen LogP contribution in [0.4, 0.5) is 0 Å². The van der Waals surface area contributed by atoms with Gasteiger partial charge in [0.2, 0.25) is 0 Å². The predicted molar refractivity (Wildman–Crippen MR) is 149 cm³/mol. The fourth-order valence-corrected chi connectivity index (χ4v) is 8.15. The fraction of sp³-hybridized carbons (Fsp3) is 0.375. The van der Waals surface area contributed by atoms with Crippen molar-refractivity contribution in [3.8, 4) is 0 Å². The third-order valence-electron chi connectivity index (χ3n) is 7.20. The molecule has 0 unspecified atom stereocenters. The Hall–Kier alpha value is -2.08. The maximum absolute atomic E-state index is 2.45. The van der Waals surface area contributed by atoms with Gasteiger partial charge in [0.15, 0.2) is 0 Å². The van der Waals surface area contributed by atoms with Crippen LogP contribution >= 0.6 is 0 Å². The van der Waals surface area contributed by atoms with Crippen LogP contribution in [-0.4, -0.2) is 14.5 Å². The Bertz CT molecular complexity index is 1280. The monoisotopic (exact) mass is 500 g/mol. The van der Waals surface area contributed by atoms with Crippen LogP contribution in [0.3, 0.4) is 0 Å². The van der Waals surface area contributed by atoms with Gasteiger partial charge in [0, 0.05) is 0 Å². The van der Waals surface area contributed by atoms with Crippen molar-refractivity contribution in [2.45, 2.75) is 78.1 Å². The van der Waals surface area contributed by atoms with E-state index in [4.69, 9.17) is 0 Å². The molecular weight excluding hydrogens is 463 g/mol. The molecule has 0 aliphatic heterocycles. The van der Waals surface area contributed by atoms with Gasteiger partial charge in [-0.15, -0.1) is 0 Å². The molecule has 0 aliphatic rings. The van der Waals surface area contributed by atoms with E-state index in [1.54, 1.807) is 8.52 Å². The molecule has 1 aromatic heterocycles. The molecule has 0 bridgehead atoms. The Kier molecular flexibility index (Phi) is 7.19. The van der Waals surface area contributed by atoms with Gasteiger partial charge in [0.05, 0.1) is 0 Å². The zero-order valence-electron chi connectivity index (χ0n) is 20.3. The minimum atomic E-state index is 0.370. The Labute approximate surface area is 204 Å². The van der Waals surface area contributed by atoms with E-state index < -0.39 is 0 Å². The van der Waals surface area contributed by atoms with E-state index in [-0.39, 0.29) is 0 Å². The fourth-order valence-electron chi connectivity index (χ4n) is 5.27. The molecule has 0 saturated carbocycles. The molecule has 33 heavy (non-hydrogen) atoms. The Morgan fingerprint density at radius 1 is 0.485 bits per heavy atom. The summed E-state index contributed by atoms with van der Waals surface area (Å²) in [7, 11) is 0. The van der Waals surface area contributed by atoms with E-state index in [1.807, 2.05) is 0 Å². The van der Waals surface area contributed by atoms with Crippen LogP contribution < -0.4 is 0 Å². The first kappa shape index (κ1) is 22.7. The van der Waals surface area contributed by atoms with Crippen molar-refractivity contribution in [1.29, 1.82) is 0 Å². The average molecular weight is 500 g/mol. The molecule has 0 radical (unpaired) electrons. The third kappa shape index (κ3) is 4.77. The SMILES string of the molecule is CCCCCCc1ccc2c(ccc3c4ccc5cc(CCCCCC)ccc5c4[se]c23)c1. The molecule has 1 heterocycles. The number of fused-ring (bicyclic) bond motifs is 7. The number of unbranched alkanes of at least 4 members (excludes halogenated alkanes) is 6. The van der Waals surface area contributed by atoms with Crippen LogP contribution in [0.15, 0.2) is 60.7 Å². The van der Waals surface area contributed by atoms with E-state index in [9.17, 15) is 0 Å². The van der Waals surface area contributed by atoms with Gasteiger partial charge in [-0.05, 0) is 0 Å². The summed E-state index contributed by atoms with van der Waals surface area (Å²) in [4.78, 5) is 0. The Morgan fingerprint density at radius 3 is 1.39 bits per heavy atom. The Morgan fingerprint density at radius 2 is 0.939 bits per heavy atom. The van der Waals surface area contributed by atoms with E-state index in [2.05, 4.69) is 74.5 Å². The van der Waals surface area contributed by atoms with Crippen molar-refractivity contribution in [2.75, 3.05) is 0 Å². The van der Waals surface area contributed by atoms with Gasteiger partial charge in [-0.2, -0.15) is 0 Å². The zero-order valence-corrected chi connectivity index (χ0v) is 22.0. The molecule has 0 spiro atoms. The summed E-state index contributed by atoms with van der Waals surface area (Å²) >= 11 is 0.370. The van der Waals surface area contributed by atoms with Gasteiger partial charge in [-0.1, -0.05) is 0 Å². The molecule has 0 saturated heterocycles. The summed E-state index contributed by atoms with van der Waals surface area (Å²) < 4.78 is 3.17. The van der Waals surface area contributed by atoms with Crippen molar-refractivity contribution in [1.82, 2.24) is 0 Å². The molecule has 5 rings (SSSR count). The number of aryl methyl sites for hydroxylation is 2. The van der Waals surface area contributed by atoms with Gasteiger partial charge in [-0.25, -0.2) is 0 Å². The summed E-state index contributed by atoms with van der Waals surface area (Å²) in [6.07, 6.45) is 13.1. The van der Waals surface area contributed by atoms with Gasteiger partial charge in [0.1, 0.15) is 0 Å². The number of benzene rings is 4. The molecule has 5 aromatic rings. The van der Waals surface area contributed by atoms with Crippen molar-refractivity contribution < 1.29 is 0 Å². The van der Waals surface area contributed by atoms with Crippen LogP contribution in [0.2, 0.25) is 0 Å². The molecular formula is C32H36Se. The number of rotatable bonds is 10. The normalized spacial score (nSPS) is 11.9. The number of hydrogen-bond donors (Lipinski definition) is 0. The molecule has 0 amide bonds. The molecule has 0 fully saturated rings. The standard InChI is InChI=1S/C32H36Se/c1-3-5-7-9-11-23-13-17-27-25(21-23)15-19-29-30-20-16-26-22-24(12-10-8-6-4-2)14-18-28(26)32(30)33-31(27)29/h13-22H,3-12H2,1-2H3. The van der Waals surface area contributed by atoms with Crippen LogP contribution in [0.5, 0.6) is 0 Å². The summed E-state index contributed by atoms with van der Waals surface area (Å²) in [6, 6.07) is 24.0. The molecule has 170 valence electrons. The summed E-state index contributed by atoms with van der Waals surface area (Å²) in [5.74, 6) is 0. The summed E-state index contributed by atoms with van der Waals surface area (Å²) in [6.45, 7) is 4.57. The van der Waals surface area contributed by atoms with Crippen molar-refractivity contribution in [3.05, 3.63) is 71.8 Å². The van der Waals surface area contributed by atoms with E-state index >= 15 is 0 Å². The first-order valence-corrected chi connectivity index (χ1v) is 14.8. The van der Waals surface area contributed by atoms with Crippen LogP contribution in [0, 0.1) is 0 Å².